The summed E-state index contributed by atoms with van der Waals surface area (Å²) < 4.78 is 4.69. The summed E-state index contributed by atoms with van der Waals surface area (Å²) in [6.07, 6.45) is 2.22. The average molecular weight is 360 g/mol. The van der Waals surface area contributed by atoms with Gasteiger partial charge in [-0.15, -0.1) is 0 Å². The van der Waals surface area contributed by atoms with Gasteiger partial charge in [0.05, 0.1) is 18.6 Å². The minimum Gasteiger partial charge on any atom is -0.465 e. The summed E-state index contributed by atoms with van der Waals surface area (Å²) in [7, 11) is 1.33. The number of aromatic nitrogens is 1. The number of carbonyl (C=O) groups is 2. The zero-order valence-electron chi connectivity index (χ0n) is 15.0. The topological polar surface area (TPSA) is 68.3 Å². The van der Waals surface area contributed by atoms with Gasteiger partial charge in [-0.1, -0.05) is 36.4 Å². The maximum Gasteiger partial charge on any atom is 0.337 e. The van der Waals surface area contributed by atoms with E-state index >= 15 is 0 Å². The van der Waals surface area contributed by atoms with Crippen molar-refractivity contribution >= 4 is 17.6 Å². The Morgan fingerprint density at radius 3 is 2.30 bits per heavy atom. The Labute approximate surface area is 158 Å². The molecule has 0 aliphatic carbocycles. The van der Waals surface area contributed by atoms with E-state index in [1.807, 2.05) is 48.5 Å². The molecule has 0 aliphatic rings. The fourth-order valence-electron chi connectivity index (χ4n) is 2.81. The maximum absolute atomic E-state index is 13.0. The fraction of sp³-hybridized carbons (Fsp3) is 0.136. The van der Waals surface area contributed by atoms with Gasteiger partial charge in [-0.2, -0.15) is 0 Å². The van der Waals surface area contributed by atoms with Gasteiger partial charge in [-0.3, -0.25) is 9.78 Å². The van der Waals surface area contributed by atoms with Crippen LogP contribution in [0.15, 0.2) is 79.0 Å². The van der Waals surface area contributed by atoms with Crippen LogP contribution in [0.4, 0.5) is 5.69 Å². The van der Waals surface area contributed by atoms with E-state index in [4.69, 9.17) is 0 Å². The third-order valence-electron chi connectivity index (χ3n) is 4.23. The molecular weight excluding hydrogens is 340 g/mol. The van der Waals surface area contributed by atoms with Crippen molar-refractivity contribution in [1.29, 1.82) is 0 Å². The van der Waals surface area contributed by atoms with E-state index in [9.17, 15) is 9.59 Å². The molecule has 0 saturated carbocycles. The van der Waals surface area contributed by atoms with E-state index in [1.165, 1.54) is 7.11 Å². The molecule has 3 rings (SSSR count). The second-order valence-electron chi connectivity index (χ2n) is 6.05. The molecule has 0 bridgehead atoms. The number of rotatable bonds is 6. The normalized spacial score (nSPS) is 11.4. The molecule has 2 aromatic carbocycles. The molecule has 1 unspecified atom stereocenters. The van der Waals surface area contributed by atoms with Gasteiger partial charge in [0, 0.05) is 24.0 Å². The Bertz CT molecular complexity index is 894. The SMILES string of the molecule is COC(=O)c1ccc(NC(=O)C(Cc2ccccn2)c2ccccc2)cc1. The predicted molar refractivity (Wildman–Crippen MR) is 104 cm³/mol. The molecule has 0 radical (unpaired) electrons. The number of amides is 1. The lowest BCUT2D eigenvalue weighted by atomic mass is 9.93. The average Bonchev–Trinajstić information content (AvgIpc) is 2.73. The molecule has 5 nitrogen and oxygen atoms in total. The van der Waals surface area contributed by atoms with Crippen LogP contribution >= 0.6 is 0 Å². The van der Waals surface area contributed by atoms with Crippen LogP contribution in [0.1, 0.15) is 27.5 Å². The fourth-order valence-corrected chi connectivity index (χ4v) is 2.81. The lowest BCUT2D eigenvalue weighted by molar-refractivity contribution is -0.117. The molecule has 136 valence electrons. The first-order valence-corrected chi connectivity index (χ1v) is 8.61. The Balaban J connectivity index is 1.79. The van der Waals surface area contributed by atoms with Gasteiger partial charge in [-0.05, 0) is 42.0 Å². The number of pyridine rings is 1. The van der Waals surface area contributed by atoms with Crippen LogP contribution in [0, 0.1) is 0 Å². The molecule has 0 saturated heterocycles. The molecule has 0 aliphatic heterocycles. The highest BCUT2D eigenvalue weighted by molar-refractivity contribution is 5.96. The molecule has 1 atom stereocenters. The number of ether oxygens (including phenoxy) is 1. The Morgan fingerprint density at radius 1 is 0.963 bits per heavy atom. The van der Waals surface area contributed by atoms with Crippen molar-refractivity contribution in [2.45, 2.75) is 12.3 Å². The standard InChI is InChI=1S/C22H20N2O3/c1-27-22(26)17-10-12-18(13-11-17)24-21(25)20(16-7-3-2-4-8-16)15-19-9-5-6-14-23-19/h2-14,20H,15H2,1H3,(H,24,25). The number of nitrogens with zero attached hydrogens (tertiary/aromatic N) is 1. The number of methoxy groups -OCH3 is 1. The first kappa shape index (κ1) is 18.3. The first-order chi connectivity index (χ1) is 13.2. The van der Waals surface area contributed by atoms with Crippen molar-refractivity contribution < 1.29 is 14.3 Å². The summed E-state index contributed by atoms with van der Waals surface area (Å²) >= 11 is 0. The van der Waals surface area contributed by atoms with E-state index in [1.54, 1.807) is 30.5 Å². The number of hydrogen-bond donors (Lipinski definition) is 1. The van der Waals surface area contributed by atoms with Crippen molar-refractivity contribution in [3.63, 3.8) is 0 Å². The van der Waals surface area contributed by atoms with Gasteiger partial charge >= 0.3 is 5.97 Å². The van der Waals surface area contributed by atoms with Crippen molar-refractivity contribution in [2.24, 2.45) is 0 Å². The quantitative estimate of drug-likeness (QED) is 0.678. The Morgan fingerprint density at radius 2 is 1.67 bits per heavy atom. The highest BCUT2D eigenvalue weighted by Gasteiger charge is 2.22. The molecule has 5 heteroatoms. The van der Waals surface area contributed by atoms with Gasteiger partial charge in [0.2, 0.25) is 5.91 Å². The smallest absolute Gasteiger partial charge is 0.337 e. The number of anilines is 1. The number of benzene rings is 2. The molecule has 0 fully saturated rings. The second kappa shape index (κ2) is 8.76. The van der Waals surface area contributed by atoms with Gasteiger partial charge in [0.1, 0.15) is 0 Å². The van der Waals surface area contributed by atoms with Gasteiger partial charge < -0.3 is 10.1 Å². The molecule has 1 heterocycles. The van der Waals surface area contributed by atoms with Gasteiger partial charge in [-0.25, -0.2) is 4.79 Å². The molecule has 0 spiro atoms. The van der Waals surface area contributed by atoms with Gasteiger partial charge in [0.15, 0.2) is 0 Å². The van der Waals surface area contributed by atoms with E-state index in [0.717, 1.165) is 11.3 Å². The number of esters is 1. The zero-order valence-corrected chi connectivity index (χ0v) is 15.0. The van der Waals surface area contributed by atoms with E-state index < -0.39 is 5.97 Å². The van der Waals surface area contributed by atoms with Crippen molar-refractivity contribution in [2.75, 3.05) is 12.4 Å². The van der Waals surface area contributed by atoms with E-state index in [0.29, 0.717) is 17.7 Å². The molecular formula is C22H20N2O3. The summed E-state index contributed by atoms with van der Waals surface area (Å²) in [5, 5.41) is 2.93. The largest absolute Gasteiger partial charge is 0.465 e. The van der Waals surface area contributed by atoms with Crippen LogP contribution in [0.25, 0.3) is 0 Å². The van der Waals surface area contributed by atoms with Crippen LogP contribution < -0.4 is 5.32 Å². The van der Waals surface area contributed by atoms with Gasteiger partial charge in [0.25, 0.3) is 0 Å². The third kappa shape index (κ3) is 4.79. The second-order valence-corrected chi connectivity index (χ2v) is 6.05. The summed E-state index contributed by atoms with van der Waals surface area (Å²) in [5.41, 5.74) is 2.83. The van der Waals surface area contributed by atoms with Crippen molar-refractivity contribution in [3.8, 4) is 0 Å². The van der Waals surface area contributed by atoms with Crippen LogP contribution in [-0.2, 0) is 16.0 Å². The summed E-state index contributed by atoms with van der Waals surface area (Å²) in [6, 6.07) is 21.9. The van der Waals surface area contributed by atoms with Crippen LogP contribution in [0.3, 0.4) is 0 Å². The van der Waals surface area contributed by atoms with Crippen molar-refractivity contribution in [3.05, 3.63) is 95.8 Å². The highest BCUT2D eigenvalue weighted by Crippen LogP contribution is 2.22. The molecule has 27 heavy (non-hydrogen) atoms. The third-order valence-corrected chi connectivity index (χ3v) is 4.23. The molecule has 1 N–H and O–H groups in total. The summed E-state index contributed by atoms with van der Waals surface area (Å²) in [6.45, 7) is 0. The molecule has 1 aromatic heterocycles. The number of nitrogens with one attached hydrogen (secondary N) is 1. The van der Waals surface area contributed by atoms with Crippen LogP contribution in [0.2, 0.25) is 0 Å². The van der Waals surface area contributed by atoms with Crippen LogP contribution in [-0.4, -0.2) is 24.0 Å². The lowest BCUT2D eigenvalue weighted by Gasteiger charge is -2.17. The molecule has 1 amide bonds. The van der Waals surface area contributed by atoms with E-state index in [2.05, 4.69) is 15.0 Å². The zero-order chi connectivity index (χ0) is 19.1. The monoisotopic (exact) mass is 360 g/mol. The van der Waals surface area contributed by atoms with Crippen LogP contribution in [0.5, 0.6) is 0 Å². The summed E-state index contributed by atoms with van der Waals surface area (Å²) in [5.74, 6) is -0.913. The van der Waals surface area contributed by atoms with E-state index in [-0.39, 0.29) is 11.8 Å². The summed E-state index contributed by atoms with van der Waals surface area (Å²) in [4.78, 5) is 28.8. The minimum absolute atomic E-state index is 0.127. The lowest BCUT2D eigenvalue weighted by Crippen LogP contribution is -2.23. The minimum atomic E-state index is -0.412. The van der Waals surface area contributed by atoms with Crippen molar-refractivity contribution in [1.82, 2.24) is 4.98 Å². The maximum atomic E-state index is 13.0. The predicted octanol–water partition coefficient (Wildman–Crippen LogP) is 3.83. The highest BCUT2D eigenvalue weighted by atomic mass is 16.5. The first-order valence-electron chi connectivity index (χ1n) is 8.61. The molecule has 3 aromatic rings. The Hall–Kier alpha value is -3.47. The number of hydrogen-bond acceptors (Lipinski definition) is 4. The number of carbonyl (C=O) groups excluding carboxylic acids is 2. The Kier molecular flexibility index (Phi) is 5.94.